The fourth-order valence-electron chi connectivity index (χ4n) is 2.50. The average Bonchev–Trinajstić information content (AvgIpc) is 2.38. The Kier molecular flexibility index (Phi) is 2.99. The minimum atomic E-state index is 0.465. The van der Waals surface area contributed by atoms with Crippen LogP contribution in [0.15, 0.2) is 18.2 Å². The van der Waals surface area contributed by atoms with Gasteiger partial charge >= 0.3 is 0 Å². The van der Waals surface area contributed by atoms with Gasteiger partial charge in [0, 0.05) is 11.8 Å². The van der Waals surface area contributed by atoms with Crippen LogP contribution in [0.5, 0.6) is 0 Å². The van der Waals surface area contributed by atoms with Gasteiger partial charge in [0.1, 0.15) is 11.6 Å². The van der Waals surface area contributed by atoms with Crippen LogP contribution in [0.2, 0.25) is 0 Å². The monoisotopic (exact) mass is 267 g/mol. The van der Waals surface area contributed by atoms with Crippen LogP contribution in [0.25, 0.3) is 21.9 Å². The summed E-state index contributed by atoms with van der Waals surface area (Å²) in [6.07, 6.45) is 0.604. The van der Waals surface area contributed by atoms with E-state index in [1.165, 1.54) is 5.56 Å². The Morgan fingerprint density at radius 3 is 2.60 bits per heavy atom. The Bertz CT molecular complexity index is 810. The topological polar surface area (TPSA) is 90.7 Å². The first-order chi connectivity index (χ1) is 9.58. The van der Waals surface area contributed by atoms with E-state index in [-0.39, 0.29) is 0 Å². The van der Waals surface area contributed by atoms with Crippen molar-refractivity contribution < 1.29 is 0 Å². The van der Waals surface area contributed by atoms with Crippen molar-refractivity contribution >= 4 is 27.8 Å². The maximum Gasteiger partial charge on any atom is 0.165 e. The van der Waals surface area contributed by atoms with Crippen molar-refractivity contribution in [1.82, 2.24) is 15.0 Å². The van der Waals surface area contributed by atoms with Gasteiger partial charge in [0.25, 0.3) is 0 Å². The number of pyridine rings is 1. The maximum absolute atomic E-state index is 6.02. The molecule has 0 aliphatic rings. The van der Waals surface area contributed by atoms with E-state index < -0.39 is 0 Å². The van der Waals surface area contributed by atoms with Gasteiger partial charge in [-0.05, 0) is 38.1 Å². The smallest absolute Gasteiger partial charge is 0.165 e. The first-order valence-corrected chi connectivity index (χ1v) is 6.62. The summed E-state index contributed by atoms with van der Waals surface area (Å²) in [6.45, 7) is 4.62. The van der Waals surface area contributed by atoms with Crippen LogP contribution in [-0.2, 0) is 6.42 Å². The summed E-state index contributed by atoms with van der Waals surface area (Å²) >= 11 is 0. The molecule has 5 nitrogen and oxygen atoms in total. The zero-order valence-electron chi connectivity index (χ0n) is 11.6. The molecule has 0 amide bonds. The SMILES string of the molecule is Cc1cc(C)c2nc3nc(CCN)nc(N)c3cc2c1. The van der Waals surface area contributed by atoms with Crippen molar-refractivity contribution in [3.8, 4) is 0 Å². The number of nitrogens with two attached hydrogens (primary N) is 2. The maximum atomic E-state index is 6.02. The zero-order chi connectivity index (χ0) is 14.3. The summed E-state index contributed by atoms with van der Waals surface area (Å²) in [7, 11) is 0. The van der Waals surface area contributed by atoms with E-state index in [2.05, 4.69) is 40.9 Å². The van der Waals surface area contributed by atoms with E-state index in [1.54, 1.807) is 0 Å². The molecule has 5 heteroatoms. The van der Waals surface area contributed by atoms with E-state index in [0.29, 0.717) is 30.3 Å². The van der Waals surface area contributed by atoms with Crippen LogP contribution in [-0.4, -0.2) is 21.5 Å². The Morgan fingerprint density at radius 2 is 1.85 bits per heavy atom. The Hall–Kier alpha value is -2.27. The Balaban J connectivity index is 2.35. The van der Waals surface area contributed by atoms with E-state index in [0.717, 1.165) is 21.9 Å². The molecule has 0 fully saturated rings. The molecular weight excluding hydrogens is 250 g/mol. The molecule has 102 valence electrons. The molecule has 3 aromatic rings. The largest absolute Gasteiger partial charge is 0.383 e. The molecule has 0 bridgehead atoms. The molecule has 0 aliphatic heterocycles. The highest BCUT2D eigenvalue weighted by Crippen LogP contribution is 2.25. The third-order valence-electron chi connectivity index (χ3n) is 3.36. The number of aromatic nitrogens is 3. The molecular formula is C15H17N5. The highest BCUT2D eigenvalue weighted by molar-refractivity contribution is 5.97. The average molecular weight is 267 g/mol. The van der Waals surface area contributed by atoms with E-state index in [1.807, 2.05) is 6.07 Å². The second kappa shape index (κ2) is 4.68. The third kappa shape index (κ3) is 2.06. The minimum absolute atomic E-state index is 0.465. The van der Waals surface area contributed by atoms with Gasteiger partial charge in [-0.2, -0.15) is 0 Å². The predicted octanol–water partition coefficient (Wildman–Crippen LogP) is 1.88. The van der Waals surface area contributed by atoms with E-state index in [9.17, 15) is 0 Å². The second-order valence-corrected chi connectivity index (χ2v) is 5.08. The second-order valence-electron chi connectivity index (χ2n) is 5.08. The van der Waals surface area contributed by atoms with Gasteiger partial charge in [-0.1, -0.05) is 11.6 Å². The van der Waals surface area contributed by atoms with Crippen molar-refractivity contribution in [2.24, 2.45) is 5.73 Å². The number of hydrogen-bond acceptors (Lipinski definition) is 5. The zero-order valence-corrected chi connectivity index (χ0v) is 11.6. The van der Waals surface area contributed by atoms with Gasteiger partial charge in [-0.25, -0.2) is 15.0 Å². The molecule has 4 N–H and O–H groups in total. The lowest BCUT2D eigenvalue weighted by Gasteiger charge is -2.08. The number of fused-ring (bicyclic) bond motifs is 2. The molecule has 0 spiro atoms. The molecule has 2 aromatic heterocycles. The first kappa shape index (κ1) is 12.7. The van der Waals surface area contributed by atoms with Gasteiger partial charge in [-0.3, -0.25) is 0 Å². The number of nitrogens with zero attached hydrogens (tertiary/aromatic N) is 3. The van der Waals surface area contributed by atoms with Crippen LogP contribution in [0.1, 0.15) is 17.0 Å². The summed E-state index contributed by atoms with van der Waals surface area (Å²) < 4.78 is 0. The van der Waals surface area contributed by atoms with Crippen molar-refractivity contribution in [2.75, 3.05) is 12.3 Å². The quantitative estimate of drug-likeness (QED) is 0.692. The van der Waals surface area contributed by atoms with Crippen LogP contribution < -0.4 is 11.5 Å². The molecule has 0 aliphatic carbocycles. The molecule has 1 aromatic carbocycles. The van der Waals surface area contributed by atoms with E-state index >= 15 is 0 Å². The van der Waals surface area contributed by atoms with Crippen molar-refractivity contribution in [1.29, 1.82) is 0 Å². The highest BCUT2D eigenvalue weighted by Gasteiger charge is 2.09. The molecule has 0 unspecified atom stereocenters. The van der Waals surface area contributed by atoms with E-state index in [4.69, 9.17) is 11.5 Å². The molecule has 0 radical (unpaired) electrons. The summed E-state index contributed by atoms with van der Waals surface area (Å²) in [5.41, 5.74) is 15.5. The molecule has 2 heterocycles. The minimum Gasteiger partial charge on any atom is -0.383 e. The predicted molar refractivity (Wildman–Crippen MR) is 81.5 cm³/mol. The van der Waals surface area contributed by atoms with Gasteiger partial charge in [-0.15, -0.1) is 0 Å². The van der Waals surface area contributed by atoms with Crippen LogP contribution in [0.3, 0.4) is 0 Å². The summed E-state index contributed by atoms with van der Waals surface area (Å²) in [5, 5.41) is 1.86. The lowest BCUT2D eigenvalue weighted by Crippen LogP contribution is -2.09. The van der Waals surface area contributed by atoms with Gasteiger partial charge in [0.05, 0.1) is 10.9 Å². The number of nitrogen functional groups attached to an aromatic ring is 1. The number of hydrogen-bond donors (Lipinski definition) is 2. The van der Waals surface area contributed by atoms with Crippen molar-refractivity contribution in [3.63, 3.8) is 0 Å². The van der Waals surface area contributed by atoms with Crippen LogP contribution in [0, 0.1) is 13.8 Å². The molecule has 0 saturated carbocycles. The van der Waals surface area contributed by atoms with Crippen molar-refractivity contribution in [2.45, 2.75) is 20.3 Å². The number of aryl methyl sites for hydroxylation is 2. The van der Waals surface area contributed by atoms with Crippen LogP contribution in [0.4, 0.5) is 5.82 Å². The fourth-order valence-corrected chi connectivity index (χ4v) is 2.50. The number of rotatable bonds is 2. The van der Waals surface area contributed by atoms with Gasteiger partial charge in [0.15, 0.2) is 5.65 Å². The third-order valence-corrected chi connectivity index (χ3v) is 3.36. The summed E-state index contributed by atoms with van der Waals surface area (Å²) in [4.78, 5) is 13.4. The lowest BCUT2D eigenvalue weighted by molar-refractivity contribution is 0.879. The van der Waals surface area contributed by atoms with Crippen molar-refractivity contribution in [3.05, 3.63) is 35.2 Å². The fraction of sp³-hybridized carbons (Fsp3) is 0.267. The van der Waals surface area contributed by atoms with Crippen LogP contribution >= 0.6 is 0 Å². The summed E-state index contributed by atoms with van der Waals surface area (Å²) in [5.74, 6) is 1.11. The molecule has 3 rings (SSSR count). The summed E-state index contributed by atoms with van der Waals surface area (Å²) in [6, 6.07) is 6.23. The Morgan fingerprint density at radius 1 is 1.05 bits per heavy atom. The number of benzene rings is 1. The molecule has 0 saturated heterocycles. The standard InChI is InChI=1S/C15H17N5/c1-8-5-9(2)13-10(6-8)7-11-14(17)18-12(3-4-16)19-15(11)20-13/h5-7H,3-4,16H2,1-2H3,(H2,17,18,19,20). The van der Waals surface area contributed by atoms with Gasteiger partial charge in [0.2, 0.25) is 0 Å². The molecule has 20 heavy (non-hydrogen) atoms. The normalized spacial score (nSPS) is 11.3. The first-order valence-electron chi connectivity index (χ1n) is 6.62. The Labute approximate surface area is 117 Å². The lowest BCUT2D eigenvalue weighted by atomic mass is 10.1. The number of anilines is 1. The molecule has 0 atom stereocenters. The van der Waals surface area contributed by atoms with Gasteiger partial charge < -0.3 is 11.5 Å². The highest BCUT2D eigenvalue weighted by atomic mass is 15.0.